The second-order valence-electron chi connectivity index (χ2n) is 11.1. The van der Waals surface area contributed by atoms with Crippen molar-refractivity contribution in [2.24, 2.45) is 10.4 Å². The molecule has 0 radical (unpaired) electrons. The number of esters is 1. The van der Waals surface area contributed by atoms with Gasteiger partial charge in [0.05, 0.1) is 30.7 Å². The Morgan fingerprint density at radius 2 is 1.61 bits per heavy atom. The summed E-state index contributed by atoms with van der Waals surface area (Å²) in [5.41, 5.74) is -1.55. The molecule has 1 saturated heterocycles. The Bertz CT molecular complexity index is 1520. The van der Waals surface area contributed by atoms with E-state index in [0.29, 0.717) is 32.0 Å². The molecule has 1 fully saturated rings. The maximum Gasteiger partial charge on any atom is 0.397 e. The van der Waals surface area contributed by atoms with Gasteiger partial charge in [0.2, 0.25) is 0 Å². The predicted octanol–water partition coefficient (Wildman–Crippen LogP) is 6.69. The van der Waals surface area contributed by atoms with Gasteiger partial charge in [-0.3, -0.25) is 14.7 Å². The topological polar surface area (TPSA) is 110 Å². The molecule has 46 heavy (non-hydrogen) atoms. The molecule has 3 unspecified atom stereocenters. The molecule has 3 aromatic rings. The minimum absolute atomic E-state index is 0. The van der Waals surface area contributed by atoms with Crippen LogP contribution in [0.2, 0.25) is 0 Å². The summed E-state index contributed by atoms with van der Waals surface area (Å²) in [6.07, 6.45) is -5.00. The van der Waals surface area contributed by atoms with E-state index in [1.807, 2.05) is 35.2 Å². The standard InChI is InChI=1S/C34H36F3N3O5.Ni/c1-3-45-28(41)21-33(2,34(35,36)37)30(32(43)44)39-29(24-15-8-5-9-16-24)25-17-10-11-18-26(25)38-31(42)27-19-12-20-40(27)22-23-13-6-4-7-14-23;/h4-11,13-18,27,30H,3,12,19-22H2,1-2H3,(H2,38,39,42,43,44);/p-1. The zero-order valence-corrected chi connectivity index (χ0v) is 26.3. The van der Waals surface area contributed by atoms with Crippen molar-refractivity contribution in [3.8, 4) is 0 Å². The molecule has 0 spiro atoms. The number of carbonyl (C=O) groups is 3. The van der Waals surface area contributed by atoms with E-state index in [1.165, 1.54) is 13.0 Å². The first-order chi connectivity index (χ1) is 21.4. The fraction of sp³-hybridized carbons (Fsp3) is 0.353. The van der Waals surface area contributed by atoms with Crippen LogP contribution in [-0.2, 0) is 42.2 Å². The molecule has 0 bridgehead atoms. The van der Waals surface area contributed by atoms with Crippen molar-refractivity contribution in [1.29, 1.82) is 0 Å². The van der Waals surface area contributed by atoms with Crippen LogP contribution in [0.4, 0.5) is 18.9 Å². The van der Waals surface area contributed by atoms with Crippen LogP contribution in [0.3, 0.4) is 0 Å². The van der Waals surface area contributed by atoms with Gasteiger partial charge < -0.3 is 20.0 Å². The van der Waals surface area contributed by atoms with Gasteiger partial charge in [-0.05, 0) is 44.4 Å². The van der Waals surface area contributed by atoms with Crippen molar-refractivity contribution in [3.63, 3.8) is 0 Å². The van der Waals surface area contributed by atoms with Crippen LogP contribution in [0.15, 0.2) is 89.9 Å². The Labute approximate surface area is 276 Å². The van der Waals surface area contributed by atoms with Crippen LogP contribution >= 0.6 is 0 Å². The summed E-state index contributed by atoms with van der Waals surface area (Å²) in [5.74, 6) is -3.49. The average Bonchev–Trinajstić information content (AvgIpc) is 3.46. The summed E-state index contributed by atoms with van der Waals surface area (Å²) in [6.45, 7) is 3.18. The van der Waals surface area contributed by atoms with Gasteiger partial charge in [-0.2, -0.15) is 13.2 Å². The van der Waals surface area contributed by atoms with Gasteiger partial charge in [0, 0.05) is 28.6 Å². The molecule has 4 rings (SSSR count). The minimum Gasteiger partial charge on any atom is -0.625 e. The fourth-order valence-corrected chi connectivity index (χ4v) is 5.44. The third-order valence-electron chi connectivity index (χ3n) is 7.87. The molecule has 3 aromatic carbocycles. The van der Waals surface area contributed by atoms with Gasteiger partial charge in [0.15, 0.2) is 6.04 Å². The number of alkyl halides is 3. The quantitative estimate of drug-likeness (QED) is 0.130. The number of likely N-dealkylation sites (tertiary alicyclic amines) is 1. The predicted molar refractivity (Wildman–Crippen MR) is 163 cm³/mol. The molecule has 248 valence electrons. The van der Waals surface area contributed by atoms with E-state index in [-0.39, 0.29) is 40.1 Å². The van der Waals surface area contributed by atoms with E-state index in [9.17, 15) is 32.7 Å². The molecular weight excluding hydrogens is 646 g/mol. The smallest absolute Gasteiger partial charge is 0.397 e. The van der Waals surface area contributed by atoms with Crippen molar-refractivity contribution in [1.82, 2.24) is 4.90 Å². The van der Waals surface area contributed by atoms with Gasteiger partial charge in [0.25, 0.3) is 0 Å². The zero-order valence-electron chi connectivity index (χ0n) is 25.4. The zero-order chi connectivity index (χ0) is 32.6. The number of amides is 1. The molecule has 3 atom stereocenters. The van der Waals surface area contributed by atoms with Crippen LogP contribution < -0.4 is 0 Å². The Morgan fingerprint density at radius 1 is 1.00 bits per heavy atom. The normalized spacial score (nSPS) is 17.3. The Balaban J connectivity index is 0.00000576. The molecule has 1 aliphatic heterocycles. The number of benzene rings is 3. The van der Waals surface area contributed by atoms with E-state index >= 15 is 0 Å². The first-order valence-corrected chi connectivity index (χ1v) is 14.7. The van der Waals surface area contributed by atoms with E-state index in [2.05, 4.69) is 10.3 Å². The number of para-hydroxylation sites is 1. The third kappa shape index (κ3) is 8.61. The number of rotatable bonds is 12. The van der Waals surface area contributed by atoms with Crippen molar-refractivity contribution >= 4 is 29.2 Å². The first kappa shape index (κ1) is 36.5. The Hall–Kier alpha value is -4.02. The molecule has 0 aromatic heterocycles. The number of nitrogens with zero attached hydrogens (tertiary/aromatic N) is 3. The van der Waals surface area contributed by atoms with Crippen molar-refractivity contribution < 1.29 is 53.9 Å². The van der Waals surface area contributed by atoms with Crippen LogP contribution in [0, 0.1) is 5.41 Å². The third-order valence-corrected chi connectivity index (χ3v) is 7.87. The number of ether oxygens (including phenoxy) is 1. The molecular formula is C34H35F3N3NiO5-. The van der Waals surface area contributed by atoms with Crippen LogP contribution in [-0.4, -0.2) is 65.0 Å². The summed E-state index contributed by atoms with van der Waals surface area (Å²) < 4.78 is 48.5. The number of aliphatic imine (C=N–C) groups is 1. The molecule has 0 saturated carbocycles. The fourth-order valence-electron chi connectivity index (χ4n) is 5.44. The molecule has 1 aliphatic rings. The summed E-state index contributed by atoms with van der Waals surface area (Å²) in [4.78, 5) is 44.6. The number of aliphatic carboxylic acids is 1. The minimum atomic E-state index is -5.14. The molecule has 8 nitrogen and oxygen atoms in total. The SMILES string of the molecule is CCOC(=O)CC(C)(C(N=C(c1ccccc1)c1ccccc1[N-]C(=O)C1CCCN1Cc1ccccc1)C(=O)O)C(F)(F)F.[Ni]. The van der Waals surface area contributed by atoms with Gasteiger partial charge in [-0.15, -0.1) is 5.69 Å². The first-order valence-electron chi connectivity index (χ1n) is 14.7. The average molecular weight is 681 g/mol. The molecule has 1 heterocycles. The van der Waals surface area contributed by atoms with Crippen molar-refractivity contribution in [3.05, 3.63) is 107 Å². The maximum absolute atomic E-state index is 14.6. The summed E-state index contributed by atoms with van der Waals surface area (Å²) in [5, 5.41) is 14.5. The largest absolute Gasteiger partial charge is 0.625 e. The second-order valence-corrected chi connectivity index (χ2v) is 11.1. The number of carboxylic acids is 1. The van der Waals surface area contributed by atoms with Gasteiger partial charge in [0.1, 0.15) is 5.41 Å². The Morgan fingerprint density at radius 3 is 2.22 bits per heavy atom. The molecule has 1 N–H and O–H groups in total. The van der Waals surface area contributed by atoms with Crippen molar-refractivity contribution in [2.75, 3.05) is 13.2 Å². The van der Waals surface area contributed by atoms with E-state index in [0.717, 1.165) is 12.0 Å². The summed E-state index contributed by atoms with van der Waals surface area (Å²) >= 11 is 0. The number of hydrogen-bond acceptors (Lipinski definition) is 6. The van der Waals surface area contributed by atoms with E-state index in [1.54, 1.807) is 48.5 Å². The number of carbonyl (C=O) groups excluding carboxylic acids is 2. The number of halogens is 3. The number of hydrogen-bond donors (Lipinski definition) is 1. The second kappa shape index (κ2) is 16.0. The monoisotopic (exact) mass is 680 g/mol. The maximum atomic E-state index is 14.6. The molecule has 1 amide bonds. The van der Waals surface area contributed by atoms with Crippen LogP contribution in [0.5, 0.6) is 0 Å². The summed E-state index contributed by atoms with van der Waals surface area (Å²) in [6, 6.07) is 21.2. The number of carboxylic acid groups (broad SMARTS) is 1. The van der Waals surface area contributed by atoms with Gasteiger partial charge in [-0.1, -0.05) is 84.9 Å². The molecule has 0 aliphatic carbocycles. The van der Waals surface area contributed by atoms with Gasteiger partial charge in [-0.25, -0.2) is 4.79 Å². The van der Waals surface area contributed by atoms with Gasteiger partial charge >= 0.3 is 18.1 Å². The van der Waals surface area contributed by atoms with Crippen molar-refractivity contribution in [2.45, 2.75) is 57.9 Å². The van der Waals surface area contributed by atoms with E-state index < -0.39 is 47.9 Å². The van der Waals surface area contributed by atoms with Crippen LogP contribution in [0.25, 0.3) is 5.32 Å². The van der Waals surface area contributed by atoms with Crippen LogP contribution in [0.1, 0.15) is 49.8 Å². The van der Waals surface area contributed by atoms with E-state index in [4.69, 9.17) is 4.74 Å². The Kier molecular flexibility index (Phi) is 12.7. The molecule has 12 heteroatoms. The summed E-state index contributed by atoms with van der Waals surface area (Å²) in [7, 11) is 0.